The highest BCUT2D eigenvalue weighted by Gasteiger charge is 2.21. The second-order valence-electron chi connectivity index (χ2n) is 7.03. The van der Waals surface area contributed by atoms with E-state index >= 15 is 0 Å². The molecule has 0 bridgehead atoms. The van der Waals surface area contributed by atoms with Crippen molar-refractivity contribution < 1.29 is 27.4 Å². The fourth-order valence-electron chi connectivity index (χ4n) is 2.98. The third-order valence-electron chi connectivity index (χ3n) is 4.62. The standard InChI is InChI=1S/C24H26N2O6S/c1-4-14-32-21-7-5-6-17(15-21)24(27)25-19-10-13-22(31-3)23(16-19)33(28,29)26-18-8-11-20(30-2)12-9-18/h5-13,15-16,26H,4,14H2,1-3H3,(H,25,27). The molecule has 0 saturated heterocycles. The molecule has 0 heterocycles. The fourth-order valence-corrected chi connectivity index (χ4v) is 4.24. The van der Waals surface area contributed by atoms with Gasteiger partial charge in [-0.25, -0.2) is 8.42 Å². The largest absolute Gasteiger partial charge is 0.497 e. The minimum Gasteiger partial charge on any atom is -0.497 e. The maximum absolute atomic E-state index is 13.0. The molecule has 0 saturated carbocycles. The second-order valence-corrected chi connectivity index (χ2v) is 8.68. The number of carbonyl (C=O) groups is 1. The first-order chi connectivity index (χ1) is 15.9. The molecule has 0 aromatic heterocycles. The highest BCUT2D eigenvalue weighted by Crippen LogP contribution is 2.29. The molecule has 0 aliphatic rings. The van der Waals surface area contributed by atoms with Gasteiger partial charge in [-0.1, -0.05) is 13.0 Å². The Hall–Kier alpha value is -3.72. The molecule has 3 aromatic rings. The van der Waals surface area contributed by atoms with E-state index in [0.29, 0.717) is 35.0 Å². The molecular formula is C24H26N2O6S. The van der Waals surface area contributed by atoms with E-state index in [1.165, 1.54) is 26.4 Å². The van der Waals surface area contributed by atoms with Crippen molar-refractivity contribution in [2.45, 2.75) is 18.2 Å². The van der Waals surface area contributed by atoms with Crippen LogP contribution in [0.1, 0.15) is 23.7 Å². The first-order valence-corrected chi connectivity index (χ1v) is 11.7. The van der Waals surface area contributed by atoms with E-state index in [-0.39, 0.29) is 10.6 Å². The van der Waals surface area contributed by atoms with Gasteiger partial charge in [-0.15, -0.1) is 0 Å². The Morgan fingerprint density at radius 3 is 2.27 bits per heavy atom. The van der Waals surface area contributed by atoms with Crippen molar-refractivity contribution in [1.82, 2.24) is 0 Å². The lowest BCUT2D eigenvalue weighted by Gasteiger charge is -2.14. The number of nitrogens with one attached hydrogen (secondary N) is 2. The van der Waals surface area contributed by atoms with Gasteiger partial charge < -0.3 is 19.5 Å². The smallest absolute Gasteiger partial charge is 0.265 e. The van der Waals surface area contributed by atoms with Crippen molar-refractivity contribution >= 4 is 27.3 Å². The molecule has 3 aromatic carbocycles. The molecule has 1 amide bonds. The van der Waals surface area contributed by atoms with E-state index in [4.69, 9.17) is 14.2 Å². The summed E-state index contributed by atoms with van der Waals surface area (Å²) in [4.78, 5) is 12.6. The first-order valence-electron chi connectivity index (χ1n) is 10.3. The molecular weight excluding hydrogens is 444 g/mol. The van der Waals surface area contributed by atoms with E-state index in [0.717, 1.165) is 6.42 Å². The van der Waals surface area contributed by atoms with Gasteiger partial charge in [0.2, 0.25) is 0 Å². The van der Waals surface area contributed by atoms with Gasteiger partial charge in [0.15, 0.2) is 0 Å². The van der Waals surface area contributed by atoms with Crippen LogP contribution >= 0.6 is 0 Å². The minimum absolute atomic E-state index is 0.112. The van der Waals surface area contributed by atoms with E-state index in [1.807, 2.05) is 6.92 Å². The maximum atomic E-state index is 13.0. The molecule has 0 spiro atoms. The van der Waals surface area contributed by atoms with Gasteiger partial charge >= 0.3 is 0 Å². The Morgan fingerprint density at radius 2 is 1.61 bits per heavy atom. The molecule has 8 nitrogen and oxygen atoms in total. The molecule has 0 radical (unpaired) electrons. The Labute approximate surface area is 193 Å². The number of sulfonamides is 1. The Morgan fingerprint density at radius 1 is 0.879 bits per heavy atom. The summed E-state index contributed by atoms with van der Waals surface area (Å²) in [6.45, 7) is 2.54. The SMILES string of the molecule is CCCOc1cccc(C(=O)Nc2ccc(OC)c(S(=O)(=O)Nc3ccc(OC)cc3)c2)c1. The van der Waals surface area contributed by atoms with Gasteiger partial charge in [-0.3, -0.25) is 9.52 Å². The molecule has 0 fully saturated rings. The third-order valence-corrected chi connectivity index (χ3v) is 6.02. The Bertz CT molecular complexity index is 1210. The third kappa shape index (κ3) is 6.17. The molecule has 0 atom stereocenters. The summed E-state index contributed by atoms with van der Waals surface area (Å²) in [5.74, 6) is 0.938. The van der Waals surface area contributed by atoms with Gasteiger partial charge in [-0.2, -0.15) is 0 Å². The molecule has 0 unspecified atom stereocenters. The Balaban J connectivity index is 1.83. The van der Waals surface area contributed by atoms with Crippen LogP contribution in [0.2, 0.25) is 0 Å². The maximum Gasteiger partial charge on any atom is 0.265 e. The highest BCUT2D eigenvalue weighted by molar-refractivity contribution is 7.92. The van der Waals surface area contributed by atoms with Crippen LogP contribution in [0.25, 0.3) is 0 Å². The molecule has 33 heavy (non-hydrogen) atoms. The number of ether oxygens (including phenoxy) is 3. The number of methoxy groups -OCH3 is 2. The van der Waals surface area contributed by atoms with Crippen LogP contribution in [0.15, 0.2) is 71.6 Å². The molecule has 9 heteroatoms. The lowest BCUT2D eigenvalue weighted by atomic mass is 10.2. The molecule has 174 valence electrons. The topological polar surface area (TPSA) is 103 Å². The van der Waals surface area contributed by atoms with Crippen LogP contribution in [-0.4, -0.2) is 35.2 Å². The average molecular weight is 471 g/mol. The van der Waals surface area contributed by atoms with Crippen molar-refractivity contribution in [2.75, 3.05) is 30.9 Å². The van der Waals surface area contributed by atoms with Crippen molar-refractivity contribution in [1.29, 1.82) is 0 Å². The molecule has 0 aliphatic carbocycles. The first kappa shape index (κ1) is 23.9. The van der Waals surface area contributed by atoms with E-state index in [9.17, 15) is 13.2 Å². The van der Waals surface area contributed by atoms with Crippen LogP contribution in [0.4, 0.5) is 11.4 Å². The summed E-state index contributed by atoms with van der Waals surface area (Å²) in [6, 6.07) is 17.6. The zero-order valence-electron chi connectivity index (χ0n) is 18.6. The monoisotopic (exact) mass is 470 g/mol. The van der Waals surface area contributed by atoms with Gasteiger partial charge in [0.05, 0.1) is 20.8 Å². The van der Waals surface area contributed by atoms with Crippen LogP contribution < -0.4 is 24.2 Å². The Kier molecular flexibility index (Phi) is 7.78. The average Bonchev–Trinajstić information content (AvgIpc) is 2.83. The number of benzene rings is 3. The predicted octanol–water partition coefficient (Wildman–Crippen LogP) is 4.55. The van der Waals surface area contributed by atoms with Crippen LogP contribution in [0, 0.1) is 0 Å². The zero-order valence-corrected chi connectivity index (χ0v) is 19.4. The van der Waals surface area contributed by atoms with Crippen molar-refractivity contribution in [3.63, 3.8) is 0 Å². The van der Waals surface area contributed by atoms with Crippen LogP contribution in [-0.2, 0) is 10.0 Å². The summed E-state index contributed by atoms with van der Waals surface area (Å²) in [6.07, 6.45) is 0.851. The number of carbonyl (C=O) groups excluding carboxylic acids is 1. The normalized spacial score (nSPS) is 10.9. The van der Waals surface area contributed by atoms with Crippen molar-refractivity contribution in [3.8, 4) is 17.2 Å². The van der Waals surface area contributed by atoms with Crippen LogP contribution in [0.5, 0.6) is 17.2 Å². The minimum atomic E-state index is -4.00. The number of amides is 1. The van der Waals surface area contributed by atoms with Gasteiger partial charge in [0.25, 0.3) is 15.9 Å². The van der Waals surface area contributed by atoms with E-state index < -0.39 is 15.9 Å². The summed E-state index contributed by atoms with van der Waals surface area (Å²) in [7, 11) is -1.10. The van der Waals surface area contributed by atoms with E-state index in [1.54, 1.807) is 54.6 Å². The lowest BCUT2D eigenvalue weighted by molar-refractivity contribution is 0.102. The zero-order chi connectivity index (χ0) is 23.8. The number of hydrogen-bond donors (Lipinski definition) is 2. The summed E-state index contributed by atoms with van der Waals surface area (Å²) < 4.78 is 44.5. The van der Waals surface area contributed by atoms with Gasteiger partial charge in [0, 0.05) is 16.9 Å². The lowest BCUT2D eigenvalue weighted by Crippen LogP contribution is -2.16. The molecule has 2 N–H and O–H groups in total. The number of rotatable bonds is 10. The fraction of sp³-hybridized carbons (Fsp3) is 0.208. The van der Waals surface area contributed by atoms with Gasteiger partial charge in [0.1, 0.15) is 22.1 Å². The van der Waals surface area contributed by atoms with Crippen molar-refractivity contribution in [3.05, 3.63) is 72.3 Å². The number of hydrogen-bond acceptors (Lipinski definition) is 6. The van der Waals surface area contributed by atoms with Crippen molar-refractivity contribution in [2.24, 2.45) is 0 Å². The van der Waals surface area contributed by atoms with E-state index in [2.05, 4.69) is 10.0 Å². The quantitative estimate of drug-likeness (QED) is 0.451. The molecule has 0 aliphatic heterocycles. The summed E-state index contributed by atoms with van der Waals surface area (Å²) >= 11 is 0. The molecule has 3 rings (SSSR count). The van der Waals surface area contributed by atoms with Gasteiger partial charge in [-0.05, 0) is 67.1 Å². The van der Waals surface area contributed by atoms with Crippen LogP contribution in [0.3, 0.4) is 0 Å². The number of anilines is 2. The summed E-state index contributed by atoms with van der Waals surface area (Å²) in [5, 5.41) is 2.73. The second kappa shape index (κ2) is 10.7. The predicted molar refractivity (Wildman–Crippen MR) is 127 cm³/mol. The summed E-state index contributed by atoms with van der Waals surface area (Å²) in [5.41, 5.74) is 1.05. The highest BCUT2D eigenvalue weighted by atomic mass is 32.2.